The third kappa shape index (κ3) is 3.49. The van der Waals surface area contributed by atoms with E-state index in [-0.39, 0.29) is 17.6 Å². The molecule has 1 saturated carbocycles. The maximum Gasteiger partial charge on any atom is 0.323 e. The lowest BCUT2D eigenvalue weighted by molar-refractivity contribution is -0.124. The number of imidazole rings is 1. The van der Waals surface area contributed by atoms with Crippen LogP contribution < -0.4 is 11.0 Å². The van der Waals surface area contributed by atoms with Gasteiger partial charge in [0.25, 0.3) is 0 Å². The molecule has 2 fully saturated rings. The summed E-state index contributed by atoms with van der Waals surface area (Å²) in [7, 11) is 0. The molecule has 6 heteroatoms. The van der Waals surface area contributed by atoms with Crippen molar-refractivity contribution in [3.8, 4) is 0 Å². The highest BCUT2D eigenvalue weighted by atomic mass is 16.2. The Labute approximate surface area is 169 Å². The van der Waals surface area contributed by atoms with Crippen LogP contribution >= 0.6 is 0 Å². The van der Waals surface area contributed by atoms with Crippen LogP contribution in [0.15, 0.2) is 53.3 Å². The summed E-state index contributed by atoms with van der Waals surface area (Å²) >= 11 is 0. The molecule has 1 atom stereocenters. The lowest BCUT2D eigenvalue weighted by Gasteiger charge is -2.27. The molecule has 2 heterocycles. The number of fused-ring (bicyclic) bond motifs is 1. The lowest BCUT2D eigenvalue weighted by Crippen LogP contribution is -2.41. The first kappa shape index (κ1) is 18.2. The van der Waals surface area contributed by atoms with E-state index < -0.39 is 5.41 Å². The second-order valence-electron chi connectivity index (χ2n) is 8.37. The second kappa shape index (κ2) is 7.19. The number of nitrogens with zero attached hydrogens (tertiary/aromatic N) is 1. The van der Waals surface area contributed by atoms with Gasteiger partial charge in [0.15, 0.2) is 0 Å². The Morgan fingerprint density at radius 2 is 1.76 bits per heavy atom. The Bertz CT molecular complexity index is 1070. The number of aromatic amines is 2. The van der Waals surface area contributed by atoms with E-state index >= 15 is 0 Å². The highest BCUT2D eigenvalue weighted by molar-refractivity contribution is 5.92. The maximum atomic E-state index is 13.4. The number of hydrogen-bond acceptors (Lipinski definition) is 3. The molecule has 3 aromatic rings. The third-order valence-corrected chi connectivity index (χ3v) is 6.40. The van der Waals surface area contributed by atoms with Crippen LogP contribution in [0, 0.1) is 0 Å². The van der Waals surface area contributed by atoms with Crippen LogP contribution in [0.5, 0.6) is 0 Å². The Morgan fingerprint density at radius 3 is 2.48 bits per heavy atom. The zero-order valence-corrected chi connectivity index (χ0v) is 16.4. The van der Waals surface area contributed by atoms with Crippen LogP contribution in [0.25, 0.3) is 11.0 Å². The summed E-state index contributed by atoms with van der Waals surface area (Å²) in [5.74, 6) is 0.0859. The van der Waals surface area contributed by atoms with Gasteiger partial charge in [0.05, 0.1) is 22.5 Å². The van der Waals surface area contributed by atoms with Crippen molar-refractivity contribution in [2.45, 2.75) is 37.1 Å². The fourth-order valence-electron chi connectivity index (χ4n) is 4.54. The maximum absolute atomic E-state index is 13.4. The van der Waals surface area contributed by atoms with Gasteiger partial charge in [-0.15, -0.1) is 0 Å². The van der Waals surface area contributed by atoms with Gasteiger partial charge in [-0.25, -0.2) is 4.79 Å². The van der Waals surface area contributed by atoms with Crippen molar-refractivity contribution in [3.63, 3.8) is 0 Å². The van der Waals surface area contributed by atoms with E-state index in [0.29, 0.717) is 0 Å². The quantitative estimate of drug-likeness (QED) is 0.605. The number of benzene rings is 2. The predicted molar refractivity (Wildman–Crippen MR) is 113 cm³/mol. The standard InChI is InChI=1S/C23H26N4O2/c28-21(23(10-11-23)17-8-9-18-19(14-17)26-22(29)25-18)24-20(15-27-12-4-5-13-27)16-6-2-1-3-7-16/h1-3,6-9,14,20H,4-5,10-13,15H2,(H,24,28)(H2,25,26,29). The Hall–Kier alpha value is -2.86. The summed E-state index contributed by atoms with van der Waals surface area (Å²) in [5.41, 5.74) is 2.94. The van der Waals surface area contributed by atoms with Crippen molar-refractivity contribution in [2.75, 3.05) is 19.6 Å². The van der Waals surface area contributed by atoms with Crippen molar-refractivity contribution < 1.29 is 4.79 Å². The molecule has 1 amide bonds. The molecule has 1 saturated heterocycles. The average molecular weight is 390 g/mol. The van der Waals surface area contributed by atoms with E-state index in [1.54, 1.807) is 0 Å². The molecule has 1 aromatic heterocycles. The van der Waals surface area contributed by atoms with Gasteiger partial charge in [0.2, 0.25) is 5.91 Å². The monoisotopic (exact) mass is 390 g/mol. The molecule has 2 aromatic carbocycles. The fraction of sp³-hybridized carbons (Fsp3) is 0.391. The van der Waals surface area contributed by atoms with Crippen LogP contribution in [0.1, 0.15) is 42.9 Å². The van der Waals surface area contributed by atoms with E-state index in [9.17, 15) is 9.59 Å². The molecule has 6 nitrogen and oxygen atoms in total. The van der Waals surface area contributed by atoms with E-state index in [1.165, 1.54) is 12.8 Å². The third-order valence-electron chi connectivity index (χ3n) is 6.40. The summed E-state index contributed by atoms with van der Waals surface area (Å²) in [4.78, 5) is 33.0. The summed E-state index contributed by atoms with van der Waals surface area (Å²) in [6, 6.07) is 16.0. The predicted octanol–water partition coefficient (Wildman–Crippen LogP) is 2.84. The number of nitrogens with one attached hydrogen (secondary N) is 3. The SMILES string of the molecule is O=C(NC(CN1CCCC1)c1ccccc1)C1(c2ccc3[nH]c(=O)[nH]c3c2)CC1. The molecule has 150 valence electrons. The summed E-state index contributed by atoms with van der Waals surface area (Å²) in [6.45, 7) is 3.04. The topological polar surface area (TPSA) is 81.0 Å². The zero-order valence-electron chi connectivity index (χ0n) is 16.4. The minimum atomic E-state index is -0.486. The first-order valence-corrected chi connectivity index (χ1v) is 10.4. The van der Waals surface area contributed by atoms with Crippen molar-refractivity contribution in [1.29, 1.82) is 0 Å². The number of aromatic nitrogens is 2. The molecule has 2 aliphatic rings. The number of hydrogen-bond donors (Lipinski definition) is 3. The van der Waals surface area contributed by atoms with Crippen LogP contribution in [-0.2, 0) is 10.2 Å². The van der Waals surface area contributed by atoms with E-state index in [1.807, 2.05) is 36.4 Å². The van der Waals surface area contributed by atoms with E-state index in [4.69, 9.17) is 0 Å². The average Bonchev–Trinajstić information content (AvgIpc) is 3.22. The number of likely N-dealkylation sites (tertiary alicyclic amines) is 1. The molecule has 0 bridgehead atoms. The largest absolute Gasteiger partial charge is 0.347 e. The van der Waals surface area contributed by atoms with Gasteiger partial charge in [0, 0.05) is 6.54 Å². The normalized spacial score (nSPS) is 19.3. The smallest absolute Gasteiger partial charge is 0.323 e. The minimum Gasteiger partial charge on any atom is -0.347 e. The molecule has 1 unspecified atom stereocenters. The molecule has 1 aliphatic heterocycles. The van der Waals surface area contributed by atoms with Crippen LogP contribution in [0.4, 0.5) is 0 Å². The van der Waals surface area contributed by atoms with Gasteiger partial charge < -0.3 is 20.2 Å². The van der Waals surface area contributed by atoms with Crippen LogP contribution in [-0.4, -0.2) is 40.4 Å². The first-order chi connectivity index (χ1) is 14.1. The fourth-order valence-corrected chi connectivity index (χ4v) is 4.54. The van der Waals surface area contributed by atoms with E-state index in [0.717, 1.165) is 54.6 Å². The second-order valence-corrected chi connectivity index (χ2v) is 8.37. The number of rotatable bonds is 6. The van der Waals surface area contributed by atoms with Gasteiger partial charge in [-0.2, -0.15) is 0 Å². The number of carbonyl (C=O) groups is 1. The molecule has 5 rings (SSSR count). The van der Waals surface area contributed by atoms with E-state index in [2.05, 4.69) is 32.3 Å². The molecule has 1 aliphatic carbocycles. The Kier molecular flexibility index (Phi) is 4.51. The summed E-state index contributed by atoms with van der Waals surface area (Å²) in [6.07, 6.45) is 4.14. The molecular formula is C23H26N4O2. The molecule has 3 N–H and O–H groups in total. The van der Waals surface area contributed by atoms with Crippen molar-refractivity contribution in [1.82, 2.24) is 20.2 Å². The molecular weight excluding hydrogens is 364 g/mol. The summed E-state index contributed by atoms with van der Waals surface area (Å²) in [5, 5.41) is 3.35. The number of H-pyrrole nitrogens is 2. The van der Waals surface area contributed by atoms with Crippen molar-refractivity contribution in [3.05, 3.63) is 70.1 Å². The van der Waals surface area contributed by atoms with Crippen molar-refractivity contribution in [2.24, 2.45) is 0 Å². The highest BCUT2D eigenvalue weighted by Gasteiger charge is 2.51. The van der Waals surface area contributed by atoms with Crippen LogP contribution in [0.2, 0.25) is 0 Å². The Morgan fingerprint density at radius 1 is 1.03 bits per heavy atom. The zero-order chi connectivity index (χ0) is 19.8. The lowest BCUT2D eigenvalue weighted by atomic mass is 9.93. The molecule has 0 spiro atoms. The van der Waals surface area contributed by atoms with Crippen molar-refractivity contribution >= 4 is 16.9 Å². The number of carbonyl (C=O) groups excluding carboxylic acids is 1. The highest BCUT2D eigenvalue weighted by Crippen LogP contribution is 2.49. The van der Waals surface area contributed by atoms with Gasteiger partial charge >= 0.3 is 5.69 Å². The minimum absolute atomic E-state index is 0.0185. The van der Waals surface area contributed by atoms with Crippen LogP contribution in [0.3, 0.4) is 0 Å². The Balaban J connectivity index is 1.40. The first-order valence-electron chi connectivity index (χ1n) is 10.4. The van der Waals surface area contributed by atoms with Gasteiger partial charge in [-0.1, -0.05) is 36.4 Å². The van der Waals surface area contributed by atoms with Gasteiger partial charge in [-0.3, -0.25) is 4.79 Å². The number of amides is 1. The van der Waals surface area contributed by atoms with Gasteiger partial charge in [0.1, 0.15) is 0 Å². The summed E-state index contributed by atoms with van der Waals surface area (Å²) < 4.78 is 0. The molecule has 29 heavy (non-hydrogen) atoms. The molecule has 0 radical (unpaired) electrons. The van der Waals surface area contributed by atoms with Gasteiger partial charge in [-0.05, 0) is 62.0 Å².